The SMILES string of the molecule is CC(=O)O[C@H]1CC[C@H]2[C@H]3CC[C@H]4C[C@@H](OC(C)=O)/C(=C/c5ccccc5)C[C@@]4(C)[C@H]3CC[C@@]12C. The summed E-state index contributed by atoms with van der Waals surface area (Å²) >= 11 is 0. The first-order valence-electron chi connectivity index (χ1n) is 13.3. The Kier molecular flexibility index (Phi) is 6.14. The van der Waals surface area contributed by atoms with Crippen LogP contribution in [0.2, 0.25) is 0 Å². The lowest BCUT2D eigenvalue weighted by atomic mass is 9.44. The summed E-state index contributed by atoms with van der Waals surface area (Å²) in [6.07, 6.45) is 11.2. The molecule has 4 heteroatoms. The van der Waals surface area contributed by atoms with Gasteiger partial charge in [0.15, 0.2) is 0 Å². The second-order valence-corrected chi connectivity index (χ2v) is 12.0. The molecule has 0 heterocycles. The third kappa shape index (κ3) is 4.01. The van der Waals surface area contributed by atoms with Gasteiger partial charge >= 0.3 is 11.9 Å². The second kappa shape index (κ2) is 8.84. The summed E-state index contributed by atoms with van der Waals surface area (Å²) in [5, 5.41) is 0. The summed E-state index contributed by atoms with van der Waals surface area (Å²) in [6.45, 7) is 8.00. The second-order valence-electron chi connectivity index (χ2n) is 12.0. The first-order chi connectivity index (χ1) is 16.2. The molecule has 0 saturated heterocycles. The van der Waals surface area contributed by atoms with E-state index in [0.29, 0.717) is 23.7 Å². The summed E-state index contributed by atoms with van der Waals surface area (Å²) in [4.78, 5) is 23.7. The minimum absolute atomic E-state index is 0.0784. The van der Waals surface area contributed by atoms with Gasteiger partial charge in [0.05, 0.1) is 0 Å². The Morgan fingerprint density at radius 3 is 2.29 bits per heavy atom. The van der Waals surface area contributed by atoms with Crippen LogP contribution >= 0.6 is 0 Å². The Labute approximate surface area is 204 Å². The monoisotopic (exact) mass is 464 g/mol. The van der Waals surface area contributed by atoms with Gasteiger partial charge in [0.2, 0.25) is 0 Å². The summed E-state index contributed by atoms with van der Waals surface area (Å²) in [7, 11) is 0. The number of ether oxygens (including phenoxy) is 2. The highest BCUT2D eigenvalue weighted by Crippen LogP contribution is 2.67. The van der Waals surface area contributed by atoms with Crippen molar-refractivity contribution in [2.45, 2.75) is 91.3 Å². The molecule has 0 aliphatic heterocycles. The maximum absolute atomic E-state index is 12.0. The van der Waals surface area contributed by atoms with Crippen molar-refractivity contribution in [3.05, 3.63) is 41.5 Å². The standard InChI is InChI=1S/C30H40O4/c1-19(31)33-27-17-23-10-11-24-25-12-13-28(34-20(2)32)29(25,3)15-14-26(24)30(23,4)18-22(27)16-21-8-6-5-7-9-21/h5-9,16,23-28H,10-15,17-18H2,1-4H3/b22-16+/t23-,24+,25-,26-,27+,28-,29+,30+/m0/s1. The molecule has 34 heavy (non-hydrogen) atoms. The number of benzene rings is 1. The fourth-order valence-corrected chi connectivity index (χ4v) is 8.74. The molecular formula is C30H40O4. The molecule has 4 nitrogen and oxygen atoms in total. The van der Waals surface area contributed by atoms with Gasteiger partial charge in [0.1, 0.15) is 12.2 Å². The zero-order valence-corrected chi connectivity index (χ0v) is 21.2. The van der Waals surface area contributed by atoms with Gasteiger partial charge in [-0.15, -0.1) is 0 Å². The molecule has 4 fully saturated rings. The molecule has 0 amide bonds. The van der Waals surface area contributed by atoms with Crippen LogP contribution in [0.15, 0.2) is 35.9 Å². The van der Waals surface area contributed by atoms with E-state index >= 15 is 0 Å². The van der Waals surface area contributed by atoms with Crippen molar-refractivity contribution in [3.8, 4) is 0 Å². The fourth-order valence-electron chi connectivity index (χ4n) is 8.74. The zero-order chi connectivity index (χ0) is 24.1. The summed E-state index contributed by atoms with van der Waals surface area (Å²) in [5.74, 6) is 2.28. The number of carbonyl (C=O) groups is 2. The largest absolute Gasteiger partial charge is 0.462 e. The molecule has 0 radical (unpaired) electrons. The van der Waals surface area contributed by atoms with Crippen LogP contribution in [0, 0.1) is 34.5 Å². The van der Waals surface area contributed by atoms with Crippen LogP contribution in [0.5, 0.6) is 0 Å². The Morgan fingerprint density at radius 2 is 1.59 bits per heavy atom. The minimum Gasteiger partial charge on any atom is -0.462 e. The van der Waals surface area contributed by atoms with Crippen molar-refractivity contribution in [1.29, 1.82) is 0 Å². The molecule has 1 aromatic carbocycles. The maximum atomic E-state index is 12.0. The van der Waals surface area contributed by atoms with Crippen LogP contribution in [-0.4, -0.2) is 24.1 Å². The highest BCUT2D eigenvalue weighted by Gasteiger charge is 2.61. The van der Waals surface area contributed by atoms with Crippen molar-refractivity contribution in [3.63, 3.8) is 0 Å². The quantitative estimate of drug-likeness (QED) is 0.474. The first-order valence-corrected chi connectivity index (χ1v) is 13.3. The lowest BCUT2D eigenvalue weighted by molar-refractivity contribution is -0.163. The van der Waals surface area contributed by atoms with E-state index in [2.05, 4.69) is 44.2 Å². The Bertz CT molecular complexity index is 967. The molecule has 0 N–H and O–H groups in total. The number of hydrogen-bond acceptors (Lipinski definition) is 4. The number of fused-ring (bicyclic) bond motifs is 5. The van der Waals surface area contributed by atoms with Crippen molar-refractivity contribution in [1.82, 2.24) is 0 Å². The van der Waals surface area contributed by atoms with Crippen LogP contribution in [-0.2, 0) is 19.1 Å². The normalized spacial score (nSPS) is 42.3. The van der Waals surface area contributed by atoms with E-state index in [1.807, 2.05) is 6.07 Å². The van der Waals surface area contributed by atoms with Crippen LogP contribution in [0.25, 0.3) is 6.08 Å². The van der Waals surface area contributed by atoms with Crippen molar-refractivity contribution in [2.75, 3.05) is 0 Å². The van der Waals surface area contributed by atoms with Crippen LogP contribution in [0.3, 0.4) is 0 Å². The molecule has 1 aromatic rings. The fraction of sp³-hybridized carbons (Fsp3) is 0.667. The lowest BCUT2D eigenvalue weighted by Crippen LogP contribution is -2.55. The van der Waals surface area contributed by atoms with E-state index in [1.165, 1.54) is 43.7 Å². The number of carbonyl (C=O) groups excluding carboxylic acids is 2. The van der Waals surface area contributed by atoms with Crippen LogP contribution < -0.4 is 0 Å². The topological polar surface area (TPSA) is 52.6 Å². The van der Waals surface area contributed by atoms with Crippen LogP contribution in [0.4, 0.5) is 0 Å². The molecule has 5 rings (SSSR count). The van der Waals surface area contributed by atoms with Gasteiger partial charge in [-0.3, -0.25) is 9.59 Å². The average molecular weight is 465 g/mol. The van der Waals surface area contributed by atoms with Gasteiger partial charge in [0, 0.05) is 19.3 Å². The zero-order valence-electron chi connectivity index (χ0n) is 21.2. The third-order valence-corrected chi connectivity index (χ3v) is 10.2. The Hall–Kier alpha value is -2.10. The molecule has 4 aliphatic rings. The number of rotatable bonds is 3. The number of esters is 2. The Morgan fingerprint density at radius 1 is 0.882 bits per heavy atom. The third-order valence-electron chi connectivity index (χ3n) is 10.2. The van der Waals surface area contributed by atoms with E-state index in [0.717, 1.165) is 25.7 Å². The molecule has 4 aliphatic carbocycles. The lowest BCUT2D eigenvalue weighted by Gasteiger charge is -2.61. The van der Waals surface area contributed by atoms with Crippen molar-refractivity contribution >= 4 is 18.0 Å². The van der Waals surface area contributed by atoms with Crippen molar-refractivity contribution < 1.29 is 19.1 Å². The molecule has 184 valence electrons. The van der Waals surface area contributed by atoms with E-state index in [4.69, 9.17) is 9.47 Å². The van der Waals surface area contributed by atoms with E-state index in [1.54, 1.807) is 6.92 Å². The molecule has 4 saturated carbocycles. The Balaban J connectivity index is 1.44. The van der Waals surface area contributed by atoms with E-state index in [-0.39, 0.29) is 35.0 Å². The van der Waals surface area contributed by atoms with Gasteiger partial charge in [-0.1, -0.05) is 50.3 Å². The first kappa shape index (κ1) is 23.6. The average Bonchev–Trinajstić information content (AvgIpc) is 3.10. The van der Waals surface area contributed by atoms with Crippen molar-refractivity contribution in [2.24, 2.45) is 34.5 Å². The molecule has 0 aromatic heterocycles. The highest BCUT2D eigenvalue weighted by molar-refractivity contribution is 5.67. The van der Waals surface area contributed by atoms with Gasteiger partial charge in [0.25, 0.3) is 0 Å². The minimum atomic E-state index is -0.183. The van der Waals surface area contributed by atoms with E-state index < -0.39 is 0 Å². The summed E-state index contributed by atoms with van der Waals surface area (Å²) < 4.78 is 11.7. The molecule has 0 spiro atoms. The highest BCUT2D eigenvalue weighted by atomic mass is 16.5. The molecule has 0 bridgehead atoms. The van der Waals surface area contributed by atoms with Crippen LogP contribution in [0.1, 0.15) is 84.6 Å². The molecule has 8 atom stereocenters. The molecular weight excluding hydrogens is 424 g/mol. The maximum Gasteiger partial charge on any atom is 0.303 e. The van der Waals surface area contributed by atoms with Gasteiger partial charge in [-0.2, -0.15) is 0 Å². The summed E-state index contributed by atoms with van der Waals surface area (Å²) in [5.41, 5.74) is 2.80. The summed E-state index contributed by atoms with van der Waals surface area (Å²) in [6, 6.07) is 10.4. The smallest absolute Gasteiger partial charge is 0.303 e. The predicted octanol–water partition coefficient (Wildman–Crippen LogP) is 6.59. The number of hydrogen-bond donors (Lipinski definition) is 0. The predicted molar refractivity (Wildman–Crippen MR) is 133 cm³/mol. The van der Waals surface area contributed by atoms with Gasteiger partial charge < -0.3 is 9.47 Å². The van der Waals surface area contributed by atoms with Gasteiger partial charge in [-0.05, 0) is 91.6 Å². The van der Waals surface area contributed by atoms with E-state index in [9.17, 15) is 9.59 Å². The van der Waals surface area contributed by atoms with Gasteiger partial charge in [-0.25, -0.2) is 0 Å². The molecule has 0 unspecified atom stereocenters.